The van der Waals surface area contributed by atoms with E-state index in [0.29, 0.717) is 23.0 Å². The van der Waals surface area contributed by atoms with Crippen molar-refractivity contribution in [3.63, 3.8) is 0 Å². The van der Waals surface area contributed by atoms with Gasteiger partial charge in [0.2, 0.25) is 11.8 Å². The minimum absolute atomic E-state index is 0.225. The predicted octanol–water partition coefficient (Wildman–Crippen LogP) is 3.95. The second kappa shape index (κ2) is 6.89. The predicted molar refractivity (Wildman–Crippen MR) is 102 cm³/mol. The fraction of sp³-hybridized carbons (Fsp3) is 0.0526. The number of rotatable bonds is 4. The number of anilines is 1. The number of carbonyl (C=O) groups is 1. The third-order valence-corrected chi connectivity index (χ3v) is 4.47. The lowest BCUT2D eigenvalue weighted by atomic mass is 10.1. The molecule has 0 bridgehead atoms. The SMILES string of the molecule is Cc1ccccc1C(=O)Nc1nc(-c2cscn2)nn1-c1ccccc1. The van der Waals surface area contributed by atoms with Crippen molar-refractivity contribution in [2.24, 2.45) is 0 Å². The number of aromatic nitrogens is 4. The van der Waals surface area contributed by atoms with Gasteiger partial charge in [-0.3, -0.25) is 10.1 Å². The van der Waals surface area contributed by atoms with Crippen molar-refractivity contribution < 1.29 is 4.79 Å². The van der Waals surface area contributed by atoms with E-state index in [9.17, 15) is 4.79 Å². The highest BCUT2D eigenvalue weighted by atomic mass is 32.1. The zero-order valence-corrected chi connectivity index (χ0v) is 14.8. The van der Waals surface area contributed by atoms with E-state index in [0.717, 1.165) is 11.3 Å². The molecule has 0 atom stereocenters. The van der Waals surface area contributed by atoms with Gasteiger partial charge in [-0.1, -0.05) is 36.4 Å². The number of aryl methyl sites for hydroxylation is 1. The Kier molecular flexibility index (Phi) is 4.28. The number of nitrogens with one attached hydrogen (secondary N) is 1. The molecule has 1 N–H and O–H groups in total. The van der Waals surface area contributed by atoms with Gasteiger partial charge in [-0.05, 0) is 30.7 Å². The van der Waals surface area contributed by atoms with Crippen LogP contribution in [0.4, 0.5) is 5.95 Å². The van der Waals surface area contributed by atoms with Crippen LogP contribution in [0.15, 0.2) is 65.5 Å². The molecule has 128 valence electrons. The minimum atomic E-state index is -0.225. The molecule has 26 heavy (non-hydrogen) atoms. The van der Waals surface area contributed by atoms with Gasteiger partial charge in [-0.2, -0.15) is 9.67 Å². The highest BCUT2D eigenvalue weighted by Gasteiger charge is 2.18. The van der Waals surface area contributed by atoms with Crippen LogP contribution in [0.25, 0.3) is 17.2 Å². The fourth-order valence-corrected chi connectivity index (χ4v) is 3.10. The summed E-state index contributed by atoms with van der Waals surface area (Å²) in [6.45, 7) is 1.90. The molecule has 0 saturated carbocycles. The van der Waals surface area contributed by atoms with Crippen LogP contribution >= 0.6 is 11.3 Å². The standard InChI is InChI=1S/C19H15N5OS/c1-13-7-5-6-10-15(13)18(25)22-19-21-17(16-11-26-12-20-16)23-24(19)14-8-3-2-4-9-14/h2-12H,1H3,(H,21,22,23,25). The molecule has 7 heteroatoms. The number of benzene rings is 2. The monoisotopic (exact) mass is 361 g/mol. The molecule has 2 heterocycles. The van der Waals surface area contributed by atoms with Crippen molar-refractivity contribution in [1.29, 1.82) is 0 Å². The molecular formula is C19H15N5OS. The van der Waals surface area contributed by atoms with E-state index < -0.39 is 0 Å². The van der Waals surface area contributed by atoms with Crippen LogP contribution in [0.5, 0.6) is 0 Å². The first-order chi connectivity index (χ1) is 12.7. The Morgan fingerprint density at radius 2 is 1.85 bits per heavy atom. The highest BCUT2D eigenvalue weighted by Crippen LogP contribution is 2.21. The molecule has 0 aliphatic rings. The van der Waals surface area contributed by atoms with Crippen molar-refractivity contribution >= 4 is 23.2 Å². The van der Waals surface area contributed by atoms with Crippen molar-refractivity contribution in [1.82, 2.24) is 19.7 Å². The van der Waals surface area contributed by atoms with Crippen molar-refractivity contribution in [3.05, 3.63) is 76.6 Å². The summed E-state index contributed by atoms with van der Waals surface area (Å²) in [6.07, 6.45) is 0. The molecule has 0 radical (unpaired) electrons. The molecule has 1 amide bonds. The molecule has 4 aromatic rings. The highest BCUT2D eigenvalue weighted by molar-refractivity contribution is 7.07. The number of hydrogen-bond donors (Lipinski definition) is 1. The number of amides is 1. The lowest BCUT2D eigenvalue weighted by molar-refractivity contribution is 0.102. The van der Waals surface area contributed by atoms with Gasteiger partial charge in [0, 0.05) is 10.9 Å². The van der Waals surface area contributed by atoms with E-state index in [2.05, 4.69) is 20.4 Å². The maximum absolute atomic E-state index is 12.7. The quantitative estimate of drug-likeness (QED) is 0.597. The molecule has 2 aromatic heterocycles. The summed E-state index contributed by atoms with van der Waals surface area (Å²) in [7, 11) is 0. The Bertz CT molecular complexity index is 1040. The number of carbonyl (C=O) groups excluding carboxylic acids is 1. The molecule has 4 rings (SSSR count). The van der Waals surface area contributed by atoms with Crippen LogP contribution in [0.1, 0.15) is 15.9 Å². The first-order valence-corrected chi connectivity index (χ1v) is 8.94. The second-order valence-electron chi connectivity index (χ2n) is 5.65. The largest absolute Gasteiger partial charge is 0.290 e. The van der Waals surface area contributed by atoms with E-state index >= 15 is 0 Å². The zero-order chi connectivity index (χ0) is 17.9. The van der Waals surface area contributed by atoms with Crippen LogP contribution < -0.4 is 5.32 Å². The van der Waals surface area contributed by atoms with Gasteiger partial charge in [-0.25, -0.2) is 4.98 Å². The van der Waals surface area contributed by atoms with Crippen LogP contribution in [-0.4, -0.2) is 25.7 Å². The number of para-hydroxylation sites is 1. The molecule has 0 spiro atoms. The van der Waals surface area contributed by atoms with Gasteiger partial charge in [0.05, 0.1) is 11.2 Å². The van der Waals surface area contributed by atoms with Crippen molar-refractivity contribution in [2.75, 3.05) is 5.32 Å². The Morgan fingerprint density at radius 1 is 1.08 bits per heavy atom. The average molecular weight is 361 g/mol. The zero-order valence-electron chi connectivity index (χ0n) is 14.0. The molecular weight excluding hydrogens is 346 g/mol. The van der Waals surface area contributed by atoms with Gasteiger partial charge in [0.1, 0.15) is 5.69 Å². The molecule has 0 saturated heterocycles. The van der Waals surface area contributed by atoms with Gasteiger partial charge in [0.15, 0.2) is 0 Å². The Morgan fingerprint density at radius 3 is 2.58 bits per heavy atom. The van der Waals surface area contributed by atoms with Gasteiger partial charge >= 0.3 is 0 Å². The van der Waals surface area contributed by atoms with Crippen molar-refractivity contribution in [2.45, 2.75) is 6.92 Å². The van der Waals surface area contributed by atoms with E-state index in [1.54, 1.807) is 16.3 Å². The maximum Gasteiger partial charge on any atom is 0.258 e. The van der Waals surface area contributed by atoms with E-state index in [1.807, 2.05) is 60.8 Å². The molecule has 0 aliphatic heterocycles. The maximum atomic E-state index is 12.7. The van der Waals surface area contributed by atoms with Crippen molar-refractivity contribution in [3.8, 4) is 17.2 Å². The summed E-state index contributed by atoms with van der Waals surface area (Å²) >= 11 is 1.47. The topological polar surface area (TPSA) is 72.7 Å². The first-order valence-electron chi connectivity index (χ1n) is 8.00. The number of hydrogen-bond acceptors (Lipinski definition) is 5. The molecule has 0 unspecified atom stereocenters. The fourth-order valence-electron chi connectivity index (χ4n) is 2.57. The smallest absolute Gasteiger partial charge is 0.258 e. The summed E-state index contributed by atoms with van der Waals surface area (Å²) in [6, 6.07) is 17.0. The Balaban J connectivity index is 1.75. The minimum Gasteiger partial charge on any atom is -0.290 e. The summed E-state index contributed by atoms with van der Waals surface area (Å²) in [4.78, 5) is 21.5. The Labute approximate surface area is 154 Å². The van der Waals surface area contributed by atoms with Crippen LogP contribution in [-0.2, 0) is 0 Å². The van der Waals surface area contributed by atoms with Gasteiger partial charge < -0.3 is 0 Å². The summed E-state index contributed by atoms with van der Waals surface area (Å²) in [5, 5.41) is 9.27. The molecule has 2 aromatic carbocycles. The molecule has 0 aliphatic carbocycles. The lowest BCUT2D eigenvalue weighted by Gasteiger charge is -2.08. The lowest BCUT2D eigenvalue weighted by Crippen LogP contribution is -2.16. The Hall–Kier alpha value is -3.32. The van der Waals surface area contributed by atoms with Gasteiger partial charge in [-0.15, -0.1) is 16.4 Å². The molecule has 6 nitrogen and oxygen atoms in total. The van der Waals surface area contributed by atoms with Gasteiger partial charge in [0.25, 0.3) is 5.91 Å². The van der Waals surface area contributed by atoms with Crippen LogP contribution in [0, 0.1) is 6.92 Å². The second-order valence-corrected chi connectivity index (χ2v) is 6.37. The average Bonchev–Trinajstić information content (AvgIpc) is 3.32. The van der Waals surface area contributed by atoms with E-state index in [4.69, 9.17) is 0 Å². The molecule has 0 fully saturated rings. The third kappa shape index (κ3) is 3.12. The normalized spacial score (nSPS) is 10.7. The first kappa shape index (κ1) is 16.2. The van der Waals surface area contributed by atoms with E-state index in [-0.39, 0.29) is 5.91 Å². The van der Waals surface area contributed by atoms with Crippen LogP contribution in [0.3, 0.4) is 0 Å². The summed E-state index contributed by atoms with van der Waals surface area (Å²) in [5.41, 5.74) is 4.71. The number of nitrogens with zero attached hydrogens (tertiary/aromatic N) is 4. The number of thiazole rings is 1. The summed E-state index contributed by atoms with van der Waals surface area (Å²) < 4.78 is 1.62. The van der Waals surface area contributed by atoms with Crippen LogP contribution in [0.2, 0.25) is 0 Å². The third-order valence-electron chi connectivity index (χ3n) is 3.88. The summed E-state index contributed by atoms with van der Waals surface area (Å²) in [5.74, 6) is 0.597. The van der Waals surface area contributed by atoms with E-state index in [1.165, 1.54) is 11.3 Å².